The summed E-state index contributed by atoms with van der Waals surface area (Å²) in [5.41, 5.74) is 4.84. The van der Waals surface area contributed by atoms with E-state index in [9.17, 15) is 0 Å². The highest BCUT2D eigenvalue weighted by Crippen LogP contribution is 2.36. The van der Waals surface area contributed by atoms with Crippen LogP contribution in [-0.2, 0) is 6.42 Å². The topological polar surface area (TPSA) is 24.9 Å². The molecule has 104 valence electrons. The van der Waals surface area contributed by atoms with Gasteiger partial charge in [-0.05, 0) is 48.2 Å². The maximum atomic E-state index is 6.26. The van der Waals surface area contributed by atoms with Crippen molar-refractivity contribution in [2.75, 3.05) is 5.32 Å². The number of rotatable bonds is 2. The summed E-state index contributed by atoms with van der Waals surface area (Å²) >= 11 is 6.26. The Morgan fingerprint density at radius 2 is 1.95 bits per heavy atom. The van der Waals surface area contributed by atoms with Gasteiger partial charge < -0.3 is 5.32 Å². The summed E-state index contributed by atoms with van der Waals surface area (Å²) < 4.78 is 0. The van der Waals surface area contributed by atoms with Gasteiger partial charge in [-0.1, -0.05) is 35.9 Å². The molecule has 0 amide bonds. The minimum absolute atomic E-state index is 0.354. The summed E-state index contributed by atoms with van der Waals surface area (Å²) in [5.74, 6) is 0. The zero-order chi connectivity index (χ0) is 14.2. The fourth-order valence-electron chi connectivity index (χ4n) is 3.15. The van der Waals surface area contributed by atoms with Gasteiger partial charge in [-0.25, -0.2) is 0 Å². The quantitative estimate of drug-likeness (QED) is 0.720. The highest BCUT2D eigenvalue weighted by molar-refractivity contribution is 6.35. The fraction of sp³-hybridized carbons (Fsp3) is 0.167. The van der Waals surface area contributed by atoms with Crippen LogP contribution in [0, 0.1) is 0 Å². The molecule has 0 bridgehead atoms. The van der Waals surface area contributed by atoms with Crippen molar-refractivity contribution in [2.24, 2.45) is 0 Å². The van der Waals surface area contributed by atoms with E-state index in [0.29, 0.717) is 6.04 Å². The number of anilines is 1. The maximum Gasteiger partial charge on any atom is 0.0948 e. The highest BCUT2D eigenvalue weighted by atomic mass is 35.5. The Morgan fingerprint density at radius 1 is 1.05 bits per heavy atom. The standard InChI is InChI=1S/C18H15ClN2/c19-15-8-10-17(18-14(15)6-3-11-20-18)21-16-9-7-12-4-1-2-5-13(12)16/h1-6,8,10-11,16,21H,7,9H2. The van der Waals surface area contributed by atoms with Crippen LogP contribution in [0.2, 0.25) is 5.02 Å². The first-order valence-corrected chi connectivity index (χ1v) is 7.58. The Hall–Kier alpha value is -2.06. The van der Waals surface area contributed by atoms with E-state index in [2.05, 4.69) is 34.6 Å². The number of aryl methyl sites for hydroxylation is 1. The molecule has 0 radical (unpaired) electrons. The Labute approximate surface area is 128 Å². The molecule has 1 heterocycles. The van der Waals surface area contributed by atoms with E-state index < -0.39 is 0 Å². The van der Waals surface area contributed by atoms with Crippen molar-refractivity contribution >= 4 is 28.2 Å². The van der Waals surface area contributed by atoms with Crippen molar-refractivity contribution in [3.8, 4) is 0 Å². The lowest BCUT2D eigenvalue weighted by Gasteiger charge is -2.17. The molecule has 0 aliphatic heterocycles. The van der Waals surface area contributed by atoms with E-state index in [1.807, 2.05) is 30.5 Å². The van der Waals surface area contributed by atoms with Crippen LogP contribution in [0.15, 0.2) is 54.7 Å². The first-order valence-electron chi connectivity index (χ1n) is 7.20. The number of aromatic nitrogens is 1. The van der Waals surface area contributed by atoms with Crippen LogP contribution in [-0.4, -0.2) is 4.98 Å². The molecule has 21 heavy (non-hydrogen) atoms. The molecule has 4 rings (SSSR count). The molecule has 3 aromatic rings. The van der Waals surface area contributed by atoms with Crippen LogP contribution in [0.5, 0.6) is 0 Å². The second-order valence-corrected chi connectivity index (χ2v) is 5.84. The molecular formula is C18H15ClN2. The molecule has 0 saturated carbocycles. The molecule has 2 aromatic carbocycles. The molecule has 1 aliphatic rings. The molecule has 3 heteroatoms. The average molecular weight is 295 g/mol. The van der Waals surface area contributed by atoms with Gasteiger partial charge in [-0.15, -0.1) is 0 Å². The van der Waals surface area contributed by atoms with Crippen molar-refractivity contribution in [3.05, 3.63) is 70.9 Å². The summed E-state index contributed by atoms with van der Waals surface area (Å²) in [6.45, 7) is 0. The number of fused-ring (bicyclic) bond motifs is 2. The number of nitrogens with one attached hydrogen (secondary N) is 1. The third kappa shape index (κ3) is 2.16. The van der Waals surface area contributed by atoms with Crippen LogP contribution >= 0.6 is 11.6 Å². The summed E-state index contributed by atoms with van der Waals surface area (Å²) in [6, 6.07) is 16.9. The lowest BCUT2D eigenvalue weighted by molar-refractivity contribution is 0.763. The third-order valence-corrected chi connectivity index (χ3v) is 4.51. The smallest absolute Gasteiger partial charge is 0.0948 e. The molecule has 1 N–H and O–H groups in total. The molecule has 0 fully saturated rings. The van der Waals surface area contributed by atoms with E-state index in [1.54, 1.807) is 0 Å². The Balaban J connectivity index is 1.75. The van der Waals surface area contributed by atoms with Crippen LogP contribution in [0.3, 0.4) is 0 Å². The fourth-order valence-corrected chi connectivity index (χ4v) is 3.36. The third-order valence-electron chi connectivity index (χ3n) is 4.18. The molecule has 1 atom stereocenters. The van der Waals surface area contributed by atoms with Gasteiger partial charge in [0.2, 0.25) is 0 Å². The molecular weight excluding hydrogens is 280 g/mol. The summed E-state index contributed by atoms with van der Waals surface area (Å²) in [5, 5.41) is 5.39. The maximum absolute atomic E-state index is 6.26. The van der Waals surface area contributed by atoms with Crippen molar-refractivity contribution in [2.45, 2.75) is 18.9 Å². The minimum Gasteiger partial charge on any atom is -0.376 e. The van der Waals surface area contributed by atoms with Crippen LogP contribution in [0.1, 0.15) is 23.6 Å². The highest BCUT2D eigenvalue weighted by Gasteiger charge is 2.22. The number of benzene rings is 2. The summed E-state index contributed by atoms with van der Waals surface area (Å²) in [4.78, 5) is 4.49. The van der Waals surface area contributed by atoms with Gasteiger partial charge >= 0.3 is 0 Å². The van der Waals surface area contributed by atoms with Crippen molar-refractivity contribution in [3.63, 3.8) is 0 Å². The second kappa shape index (κ2) is 5.05. The van der Waals surface area contributed by atoms with E-state index >= 15 is 0 Å². The van der Waals surface area contributed by atoms with Crippen molar-refractivity contribution in [1.29, 1.82) is 0 Å². The molecule has 0 saturated heterocycles. The average Bonchev–Trinajstić information content (AvgIpc) is 2.94. The first-order chi connectivity index (χ1) is 10.3. The number of halogens is 1. The monoisotopic (exact) mass is 294 g/mol. The minimum atomic E-state index is 0.354. The van der Waals surface area contributed by atoms with Gasteiger partial charge in [-0.3, -0.25) is 4.98 Å². The van der Waals surface area contributed by atoms with Crippen LogP contribution in [0.4, 0.5) is 5.69 Å². The molecule has 1 aromatic heterocycles. The van der Waals surface area contributed by atoms with E-state index in [4.69, 9.17) is 11.6 Å². The zero-order valence-electron chi connectivity index (χ0n) is 11.5. The van der Waals surface area contributed by atoms with Gasteiger partial charge in [0, 0.05) is 11.6 Å². The van der Waals surface area contributed by atoms with E-state index in [1.165, 1.54) is 11.1 Å². The zero-order valence-corrected chi connectivity index (χ0v) is 12.3. The normalized spacial score (nSPS) is 16.9. The molecule has 0 spiro atoms. The summed E-state index contributed by atoms with van der Waals surface area (Å²) in [7, 11) is 0. The van der Waals surface area contributed by atoms with Gasteiger partial charge in [0.05, 0.1) is 22.3 Å². The SMILES string of the molecule is Clc1ccc(NC2CCc3ccccc32)c2ncccc12. The molecule has 1 unspecified atom stereocenters. The predicted octanol–water partition coefficient (Wildman–Crippen LogP) is 4.99. The van der Waals surface area contributed by atoms with E-state index in [0.717, 1.165) is 34.5 Å². The largest absolute Gasteiger partial charge is 0.376 e. The van der Waals surface area contributed by atoms with Crippen molar-refractivity contribution < 1.29 is 0 Å². The van der Waals surface area contributed by atoms with Gasteiger partial charge in [0.15, 0.2) is 0 Å². The number of nitrogens with zero attached hydrogens (tertiary/aromatic N) is 1. The molecule has 1 aliphatic carbocycles. The Morgan fingerprint density at radius 3 is 2.90 bits per heavy atom. The first kappa shape index (κ1) is 12.7. The lowest BCUT2D eigenvalue weighted by Crippen LogP contribution is -2.07. The van der Waals surface area contributed by atoms with Crippen molar-refractivity contribution in [1.82, 2.24) is 4.98 Å². The van der Waals surface area contributed by atoms with E-state index in [-0.39, 0.29) is 0 Å². The second-order valence-electron chi connectivity index (χ2n) is 5.43. The Bertz CT molecular complexity index is 813. The Kier molecular flexibility index (Phi) is 3.04. The van der Waals surface area contributed by atoms with Gasteiger partial charge in [-0.2, -0.15) is 0 Å². The molecule has 2 nitrogen and oxygen atoms in total. The number of hydrogen-bond acceptors (Lipinski definition) is 2. The van der Waals surface area contributed by atoms with Gasteiger partial charge in [0.25, 0.3) is 0 Å². The summed E-state index contributed by atoms with van der Waals surface area (Å²) in [6.07, 6.45) is 4.07. The lowest BCUT2D eigenvalue weighted by atomic mass is 10.1. The number of pyridine rings is 1. The predicted molar refractivity (Wildman–Crippen MR) is 87.9 cm³/mol. The van der Waals surface area contributed by atoms with Crippen LogP contribution < -0.4 is 5.32 Å². The van der Waals surface area contributed by atoms with Crippen LogP contribution in [0.25, 0.3) is 10.9 Å². The number of hydrogen-bond donors (Lipinski definition) is 1. The van der Waals surface area contributed by atoms with Gasteiger partial charge in [0.1, 0.15) is 0 Å².